The van der Waals surface area contributed by atoms with Crippen LogP contribution in [0.4, 0.5) is 19.0 Å². The van der Waals surface area contributed by atoms with Gasteiger partial charge in [-0.2, -0.15) is 13.2 Å². The maximum atomic E-state index is 12.7. The van der Waals surface area contributed by atoms with Gasteiger partial charge in [0.25, 0.3) is 5.91 Å². The van der Waals surface area contributed by atoms with Gasteiger partial charge in [-0.15, -0.1) is 10.2 Å². The van der Waals surface area contributed by atoms with Crippen molar-refractivity contribution in [2.75, 3.05) is 37.7 Å². The van der Waals surface area contributed by atoms with Crippen molar-refractivity contribution in [3.8, 4) is 0 Å². The van der Waals surface area contributed by atoms with Gasteiger partial charge >= 0.3 is 6.18 Å². The first-order valence-corrected chi connectivity index (χ1v) is 10.3. The molecular formula is C21H24F3N5O3. The number of alkyl halides is 3. The van der Waals surface area contributed by atoms with Crippen LogP contribution in [-0.4, -0.2) is 75.2 Å². The maximum absolute atomic E-state index is 12.7. The van der Waals surface area contributed by atoms with Crippen molar-refractivity contribution in [3.63, 3.8) is 0 Å². The molecule has 1 saturated heterocycles. The van der Waals surface area contributed by atoms with Crippen molar-refractivity contribution < 1.29 is 28.2 Å². The van der Waals surface area contributed by atoms with Crippen LogP contribution in [0.3, 0.4) is 0 Å². The quantitative estimate of drug-likeness (QED) is 0.706. The zero-order chi connectivity index (χ0) is 23.1. The molecule has 11 heteroatoms. The molecule has 0 unspecified atom stereocenters. The second-order valence-corrected chi connectivity index (χ2v) is 8.63. The molecule has 2 aliphatic heterocycles. The number of rotatable bonds is 5. The van der Waals surface area contributed by atoms with E-state index in [0.29, 0.717) is 25.3 Å². The Morgan fingerprint density at radius 1 is 1.19 bits per heavy atom. The van der Waals surface area contributed by atoms with E-state index in [1.54, 1.807) is 19.1 Å². The van der Waals surface area contributed by atoms with E-state index in [1.807, 2.05) is 4.90 Å². The molecule has 2 N–H and O–H groups in total. The second kappa shape index (κ2) is 8.28. The largest absolute Gasteiger partial charge is 0.396 e. The van der Waals surface area contributed by atoms with Gasteiger partial charge in [-0.1, -0.05) is 6.07 Å². The lowest BCUT2D eigenvalue weighted by atomic mass is 9.81. The summed E-state index contributed by atoms with van der Waals surface area (Å²) < 4.78 is 38.2. The molecule has 2 aromatic rings. The molecule has 172 valence electrons. The predicted molar refractivity (Wildman–Crippen MR) is 108 cm³/mol. The van der Waals surface area contributed by atoms with Crippen LogP contribution in [-0.2, 0) is 19.4 Å². The summed E-state index contributed by atoms with van der Waals surface area (Å²) in [5, 5.41) is 27.1. The highest BCUT2D eigenvalue weighted by molar-refractivity contribution is 5.93. The monoisotopic (exact) mass is 451 g/mol. The van der Waals surface area contributed by atoms with Crippen LogP contribution >= 0.6 is 0 Å². The average Bonchev–Trinajstić information content (AvgIpc) is 2.72. The molecule has 2 aliphatic rings. The minimum absolute atomic E-state index is 0.123. The number of amides is 1. The van der Waals surface area contributed by atoms with E-state index in [-0.39, 0.29) is 43.5 Å². The van der Waals surface area contributed by atoms with Gasteiger partial charge in [0.1, 0.15) is 0 Å². The van der Waals surface area contributed by atoms with E-state index < -0.39 is 18.0 Å². The number of aryl methyl sites for hydroxylation is 1. The van der Waals surface area contributed by atoms with Crippen LogP contribution in [0.2, 0.25) is 0 Å². The van der Waals surface area contributed by atoms with Crippen molar-refractivity contribution in [2.45, 2.75) is 32.5 Å². The van der Waals surface area contributed by atoms with Gasteiger partial charge in [-0.25, -0.2) is 0 Å². The summed E-state index contributed by atoms with van der Waals surface area (Å²) in [6.07, 6.45) is -3.46. The first-order valence-electron chi connectivity index (χ1n) is 10.3. The Labute approximate surface area is 182 Å². The molecule has 0 bridgehead atoms. The number of aliphatic hydroxyl groups excluding tert-OH is 2. The smallest absolute Gasteiger partial charge is 0.393 e. The summed E-state index contributed by atoms with van der Waals surface area (Å²) in [6, 6.07) is 3.18. The minimum atomic E-state index is -4.29. The zero-order valence-corrected chi connectivity index (χ0v) is 17.6. The number of carbonyl (C=O) groups excluding carboxylic acids is 1. The lowest BCUT2D eigenvalue weighted by Crippen LogP contribution is -2.62. The van der Waals surface area contributed by atoms with Gasteiger partial charge in [0.15, 0.2) is 11.5 Å². The summed E-state index contributed by atoms with van der Waals surface area (Å²) in [5.74, 6) is 0.242. The Morgan fingerprint density at radius 3 is 2.53 bits per heavy atom. The lowest BCUT2D eigenvalue weighted by molar-refractivity contribution is -0.127. The number of hydrogen-bond donors (Lipinski definition) is 2. The Bertz CT molecular complexity index is 1020. The van der Waals surface area contributed by atoms with Crippen LogP contribution in [0.1, 0.15) is 32.9 Å². The number of aliphatic hydroxyl groups is 2. The number of hydrogen-bond acceptors (Lipinski definition) is 7. The van der Waals surface area contributed by atoms with E-state index in [2.05, 4.69) is 15.2 Å². The molecular weight excluding hydrogens is 427 g/mol. The van der Waals surface area contributed by atoms with E-state index in [1.165, 1.54) is 11.1 Å². The zero-order valence-electron chi connectivity index (χ0n) is 17.6. The van der Waals surface area contributed by atoms with Gasteiger partial charge in [0.2, 0.25) is 0 Å². The highest BCUT2D eigenvalue weighted by Crippen LogP contribution is 2.31. The number of anilines is 1. The van der Waals surface area contributed by atoms with Crippen molar-refractivity contribution >= 4 is 11.7 Å². The molecule has 2 aromatic heterocycles. The number of fused-ring (bicyclic) bond motifs is 1. The summed E-state index contributed by atoms with van der Waals surface area (Å²) in [7, 11) is 0. The lowest BCUT2D eigenvalue weighted by Gasteiger charge is -2.47. The van der Waals surface area contributed by atoms with Crippen LogP contribution in [0.15, 0.2) is 18.3 Å². The normalized spacial score (nSPS) is 17.7. The molecule has 1 fully saturated rings. The topological polar surface area (TPSA) is 103 Å². The van der Waals surface area contributed by atoms with E-state index in [9.17, 15) is 28.2 Å². The SMILES string of the molecule is Cc1cc(C(=O)N2CC(CO)(CO)C2)nnc1N1CCc2ncc(CC(F)(F)F)cc2C1. The maximum Gasteiger partial charge on any atom is 0.393 e. The Kier molecular flexibility index (Phi) is 5.80. The first kappa shape index (κ1) is 22.4. The third kappa shape index (κ3) is 4.40. The fourth-order valence-electron chi connectivity index (χ4n) is 4.20. The molecule has 0 aliphatic carbocycles. The van der Waals surface area contributed by atoms with Crippen molar-refractivity contribution in [1.82, 2.24) is 20.1 Å². The predicted octanol–water partition coefficient (Wildman–Crippen LogP) is 1.27. The van der Waals surface area contributed by atoms with Crippen LogP contribution in [0.5, 0.6) is 0 Å². The molecule has 0 atom stereocenters. The second-order valence-electron chi connectivity index (χ2n) is 8.63. The van der Waals surface area contributed by atoms with Crippen LogP contribution in [0.25, 0.3) is 0 Å². The number of nitrogens with zero attached hydrogens (tertiary/aromatic N) is 5. The number of halogens is 3. The molecule has 1 amide bonds. The summed E-state index contributed by atoms with van der Waals surface area (Å²) in [6.45, 7) is 2.84. The van der Waals surface area contributed by atoms with Gasteiger partial charge in [0, 0.05) is 44.5 Å². The fourth-order valence-corrected chi connectivity index (χ4v) is 4.20. The number of pyridine rings is 1. The Morgan fingerprint density at radius 2 is 1.91 bits per heavy atom. The Hall–Kier alpha value is -2.79. The number of aromatic nitrogens is 3. The highest BCUT2D eigenvalue weighted by atomic mass is 19.4. The standard InChI is InChI=1S/C21H24F3N5O3/c1-13-4-17(19(32)29-9-20(10-29,11-30)12-31)26-27-18(13)28-3-2-16-15(8-28)5-14(7-25-16)6-21(22,23)24/h4-5,7,30-31H,2-3,6,8-12H2,1H3. The summed E-state index contributed by atoms with van der Waals surface area (Å²) >= 11 is 0. The van der Waals surface area contributed by atoms with Crippen LogP contribution < -0.4 is 4.90 Å². The summed E-state index contributed by atoms with van der Waals surface area (Å²) in [5.41, 5.74) is 1.85. The van der Waals surface area contributed by atoms with E-state index >= 15 is 0 Å². The fraction of sp³-hybridized carbons (Fsp3) is 0.524. The highest BCUT2D eigenvalue weighted by Gasteiger charge is 2.45. The molecule has 32 heavy (non-hydrogen) atoms. The average molecular weight is 451 g/mol. The minimum Gasteiger partial charge on any atom is -0.396 e. The van der Waals surface area contributed by atoms with Gasteiger partial charge in [0.05, 0.1) is 25.0 Å². The Balaban J connectivity index is 1.47. The van der Waals surface area contributed by atoms with Gasteiger partial charge in [-0.05, 0) is 29.7 Å². The van der Waals surface area contributed by atoms with Crippen LogP contribution in [0, 0.1) is 12.3 Å². The van der Waals surface area contributed by atoms with E-state index in [0.717, 1.165) is 16.8 Å². The summed E-state index contributed by atoms with van der Waals surface area (Å²) in [4.78, 5) is 20.3. The molecule has 0 spiro atoms. The van der Waals surface area contributed by atoms with Gasteiger partial charge < -0.3 is 20.0 Å². The molecule has 0 aromatic carbocycles. The van der Waals surface area contributed by atoms with Crippen molar-refractivity contribution in [1.29, 1.82) is 0 Å². The van der Waals surface area contributed by atoms with E-state index in [4.69, 9.17) is 0 Å². The third-order valence-electron chi connectivity index (χ3n) is 5.99. The molecule has 8 nitrogen and oxygen atoms in total. The van der Waals surface area contributed by atoms with Crippen molar-refractivity contribution in [3.05, 3.63) is 46.4 Å². The van der Waals surface area contributed by atoms with Crippen molar-refractivity contribution in [2.24, 2.45) is 5.41 Å². The number of carbonyl (C=O) groups is 1. The molecule has 0 radical (unpaired) electrons. The molecule has 0 saturated carbocycles. The molecule has 4 rings (SSSR count). The number of likely N-dealkylation sites (tertiary alicyclic amines) is 1. The van der Waals surface area contributed by atoms with Gasteiger partial charge in [-0.3, -0.25) is 9.78 Å². The molecule has 4 heterocycles. The first-order chi connectivity index (χ1) is 15.1. The third-order valence-corrected chi connectivity index (χ3v) is 5.99.